The molecule has 1 atom stereocenters. The molecule has 2 aromatic rings. The molecular weight excluding hydrogens is 254 g/mol. The number of nitrogens with one attached hydrogen (secondary N) is 1. The summed E-state index contributed by atoms with van der Waals surface area (Å²) in [6.07, 6.45) is 6.36. The zero-order valence-electron chi connectivity index (χ0n) is 11.5. The third kappa shape index (κ3) is 3.89. The Kier molecular flexibility index (Phi) is 4.84. The molecule has 0 bridgehead atoms. The van der Waals surface area contributed by atoms with E-state index in [1.165, 1.54) is 0 Å². The fourth-order valence-electron chi connectivity index (χ4n) is 1.79. The molecule has 106 valence electrons. The number of pyridine rings is 1. The van der Waals surface area contributed by atoms with Crippen LogP contribution in [0, 0.1) is 0 Å². The van der Waals surface area contributed by atoms with E-state index in [2.05, 4.69) is 20.3 Å². The third-order valence-electron chi connectivity index (χ3n) is 2.87. The zero-order valence-corrected chi connectivity index (χ0v) is 11.5. The lowest BCUT2D eigenvalue weighted by molar-refractivity contribution is 0.183. The fourth-order valence-corrected chi connectivity index (χ4v) is 1.79. The van der Waals surface area contributed by atoms with Crippen molar-refractivity contribution in [2.75, 3.05) is 17.6 Å². The Balaban J connectivity index is 2.05. The molecule has 0 aromatic carbocycles. The smallest absolute Gasteiger partial charge is 0.169 e. The van der Waals surface area contributed by atoms with Crippen LogP contribution >= 0.6 is 0 Å². The number of hydrogen-bond donors (Lipinski definition) is 3. The number of hydrogen-bond acceptors (Lipinski definition) is 6. The summed E-state index contributed by atoms with van der Waals surface area (Å²) in [6.45, 7) is 2.47. The highest BCUT2D eigenvalue weighted by Crippen LogP contribution is 2.20. The molecule has 0 aliphatic rings. The molecule has 0 amide bonds. The van der Waals surface area contributed by atoms with Crippen molar-refractivity contribution in [2.24, 2.45) is 0 Å². The van der Waals surface area contributed by atoms with Crippen LogP contribution in [-0.4, -0.2) is 32.7 Å². The first-order valence-corrected chi connectivity index (χ1v) is 6.61. The van der Waals surface area contributed by atoms with Crippen molar-refractivity contribution in [2.45, 2.75) is 25.9 Å². The Bertz CT molecular complexity index is 545. The van der Waals surface area contributed by atoms with Gasteiger partial charge in [-0.2, -0.15) is 0 Å². The van der Waals surface area contributed by atoms with Gasteiger partial charge in [-0.05, 0) is 31.9 Å². The number of aliphatic hydroxyl groups excluding tert-OH is 1. The summed E-state index contributed by atoms with van der Waals surface area (Å²) in [7, 11) is 0. The quantitative estimate of drug-likeness (QED) is 0.693. The minimum atomic E-state index is -0.289. The predicted molar refractivity (Wildman–Crippen MR) is 79.1 cm³/mol. The Hall–Kier alpha value is -2.21. The molecule has 0 spiro atoms. The van der Waals surface area contributed by atoms with Crippen molar-refractivity contribution < 1.29 is 5.11 Å². The summed E-state index contributed by atoms with van der Waals surface area (Å²) in [4.78, 5) is 12.6. The summed E-state index contributed by atoms with van der Waals surface area (Å²) in [5, 5.41) is 12.4. The number of aromatic nitrogens is 3. The first-order chi connectivity index (χ1) is 9.66. The van der Waals surface area contributed by atoms with Crippen LogP contribution in [0.3, 0.4) is 0 Å². The van der Waals surface area contributed by atoms with Crippen molar-refractivity contribution in [1.82, 2.24) is 15.0 Å². The lowest BCUT2D eigenvalue weighted by Gasteiger charge is -2.10. The summed E-state index contributed by atoms with van der Waals surface area (Å²) in [5.41, 5.74) is 7.51. The first kappa shape index (κ1) is 14.2. The van der Waals surface area contributed by atoms with Gasteiger partial charge in [0.15, 0.2) is 11.6 Å². The molecule has 0 fully saturated rings. The van der Waals surface area contributed by atoms with Gasteiger partial charge in [0.25, 0.3) is 0 Å². The van der Waals surface area contributed by atoms with E-state index in [0.717, 1.165) is 24.1 Å². The monoisotopic (exact) mass is 273 g/mol. The second-order valence-corrected chi connectivity index (χ2v) is 4.64. The van der Waals surface area contributed by atoms with Gasteiger partial charge in [-0.1, -0.05) is 0 Å². The Morgan fingerprint density at radius 2 is 2.10 bits per heavy atom. The molecule has 6 nitrogen and oxygen atoms in total. The molecule has 2 heterocycles. The molecule has 0 aliphatic carbocycles. The van der Waals surface area contributed by atoms with Crippen LogP contribution in [0.4, 0.5) is 11.6 Å². The molecule has 6 heteroatoms. The van der Waals surface area contributed by atoms with Gasteiger partial charge in [-0.25, -0.2) is 9.97 Å². The number of aliphatic hydroxyl groups is 1. The molecule has 0 saturated heterocycles. The molecule has 0 saturated carbocycles. The van der Waals surface area contributed by atoms with Gasteiger partial charge in [0.05, 0.1) is 18.0 Å². The minimum absolute atomic E-state index is 0.289. The van der Waals surface area contributed by atoms with Gasteiger partial charge >= 0.3 is 0 Å². The van der Waals surface area contributed by atoms with E-state index < -0.39 is 0 Å². The van der Waals surface area contributed by atoms with E-state index in [9.17, 15) is 5.11 Å². The number of nitrogen functional groups attached to an aromatic ring is 1. The SMILES string of the molecule is CC(O)CCCNc1nc(-c2ccncc2)cnc1N. The van der Waals surface area contributed by atoms with Crippen molar-refractivity contribution >= 4 is 11.6 Å². The van der Waals surface area contributed by atoms with E-state index in [-0.39, 0.29) is 6.10 Å². The van der Waals surface area contributed by atoms with Crippen molar-refractivity contribution in [3.8, 4) is 11.3 Å². The maximum absolute atomic E-state index is 9.21. The topological polar surface area (TPSA) is 97.0 Å². The predicted octanol–water partition coefficient (Wildman–Crippen LogP) is 1.69. The molecule has 0 aliphatic heterocycles. The average Bonchev–Trinajstić information content (AvgIpc) is 2.46. The lowest BCUT2D eigenvalue weighted by Crippen LogP contribution is -2.10. The lowest BCUT2D eigenvalue weighted by atomic mass is 10.2. The zero-order chi connectivity index (χ0) is 14.4. The van der Waals surface area contributed by atoms with Crippen molar-refractivity contribution in [3.05, 3.63) is 30.7 Å². The van der Waals surface area contributed by atoms with Crippen LogP contribution in [-0.2, 0) is 0 Å². The Morgan fingerprint density at radius 3 is 2.80 bits per heavy atom. The summed E-state index contributed by atoms with van der Waals surface area (Å²) in [5.74, 6) is 0.949. The molecular formula is C14H19N5O. The second-order valence-electron chi connectivity index (χ2n) is 4.64. The Labute approximate surface area is 118 Å². The molecule has 20 heavy (non-hydrogen) atoms. The molecule has 1 unspecified atom stereocenters. The standard InChI is InChI=1S/C14H19N5O/c1-10(20)3-2-6-17-14-13(15)18-9-12(19-14)11-4-7-16-8-5-11/h4-5,7-10,20H,2-3,6H2,1H3,(H2,15,18)(H,17,19). The Morgan fingerprint density at radius 1 is 1.35 bits per heavy atom. The number of rotatable bonds is 6. The largest absolute Gasteiger partial charge is 0.393 e. The molecule has 2 aromatic heterocycles. The van der Waals surface area contributed by atoms with E-state index in [4.69, 9.17) is 5.73 Å². The van der Waals surface area contributed by atoms with E-state index >= 15 is 0 Å². The highest BCUT2D eigenvalue weighted by molar-refractivity contribution is 5.64. The third-order valence-corrected chi connectivity index (χ3v) is 2.87. The normalized spacial score (nSPS) is 12.1. The van der Waals surface area contributed by atoms with Crippen LogP contribution in [0.15, 0.2) is 30.7 Å². The average molecular weight is 273 g/mol. The van der Waals surface area contributed by atoms with Crippen LogP contribution in [0.1, 0.15) is 19.8 Å². The van der Waals surface area contributed by atoms with Crippen molar-refractivity contribution in [1.29, 1.82) is 0 Å². The molecule has 4 N–H and O–H groups in total. The number of anilines is 2. The van der Waals surface area contributed by atoms with Gasteiger partial charge in [-0.15, -0.1) is 0 Å². The maximum Gasteiger partial charge on any atom is 0.169 e. The van der Waals surface area contributed by atoms with Gasteiger partial charge in [0.2, 0.25) is 0 Å². The molecule has 0 radical (unpaired) electrons. The van der Waals surface area contributed by atoms with Gasteiger partial charge in [-0.3, -0.25) is 4.98 Å². The van der Waals surface area contributed by atoms with E-state index in [0.29, 0.717) is 18.2 Å². The number of nitrogens with zero attached hydrogens (tertiary/aromatic N) is 3. The van der Waals surface area contributed by atoms with Crippen LogP contribution < -0.4 is 11.1 Å². The summed E-state index contributed by atoms with van der Waals surface area (Å²) >= 11 is 0. The van der Waals surface area contributed by atoms with Crippen LogP contribution in [0.5, 0.6) is 0 Å². The maximum atomic E-state index is 9.21. The van der Waals surface area contributed by atoms with Crippen LogP contribution in [0.2, 0.25) is 0 Å². The summed E-state index contributed by atoms with van der Waals surface area (Å²) < 4.78 is 0. The minimum Gasteiger partial charge on any atom is -0.393 e. The fraction of sp³-hybridized carbons (Fsp3) is 0.357. The van der Waals surface area contributed by atoms with Gasteiger partial charge in [0, 0.05) is 24.5 Å². The summed E-state index contributed by atoms with van der Waals surface area (Å²) in [6, 6.07) is 3.74. The second kappa shape index (κ2) is 6.81. The van der Waals surface area contributed by atoms with E-state index in [1.54, 1.807) is 25.5 Å². The highest BCUT2D eigenvalue weighted by Gasteiger charge is 2.06. The van der Waals surface area contributed by atoms with Crippen LogP contribution in [0.25, 0.3) is 11.3 Å². The van der Waals surface area contributed by atoms with Gasteiger partial charge < -0.3 is 16.2 Å². The number of nitrogens with two attached hydrogens (primary N) is 1. The first-order valence-electron chi connectivity index (χ1n) is 6.61. The highest BCUT2D eigenvalue weighted by atomic mass is 16.3. The molecule has 2 rings (SSSR count). The van der Waals surface area contributed by atoms with E-state index in [1.807, 2.05) is 12.1 Å². The van der Waals surface area contributed by atoms with Gasteiger partial charge in [0.1, 0.15) is 0 Å². The van der Waals surface area contributed by atoms with Crippen molar-refractivity contribution in [3.63, 3.8) is 0 Å².